The lowest BCUT2D eigenvalue weighted by Crippen LogP contribution is -2.46. The summed E-state index contributed by atoms with van der Waals surface area (Å²) in [5.41, 5.74) is 5.60. The summed E-state index contributed by atoms with van der Waals surface area (Å²) < 4.78 is 61.0. The van der Waals surface area contributed by atoms with Crippen molar-refractivity contribution in [3.63, 3.8) is 0 Å². The van der Waals surface area contributed by atoms with Crippen molar-refractivity contribution in [3.05, 3.63) is 48.0 Å². The van der Waals surface area contributed by atoms with Crippen LogP contribution < -0.4 is 35.9 Å². The molecule has 1 saturated carbocycles. The molecular formula is C45H66N7O19P3-4. The fourth-order valence-electron chi connectivity index (χ4n) is 8.49. The molecule has 2 amide bonds. The minimum Gasteiger partial charge on any atom is -0.790 e. The largest absolute Gasteiger partial charge is 0.790 e. The van der Waals surface area contributed by atoms with Crippen LogP contribution in [0.4, 0.5) is 5.82 Å². The molecule has 0 bridgehead atoms. The topological polar surface area (TPSA) is 412 Å². The highest BCUT2D eigenvalue weighted by Crippen LogP contribution is 2.57. The summed E-state index contributed by atoms with van der Waals surface area (Å²) in [6.45, 7) is 3.66. The van der Waals surface area contributed by atoms with Crippen LogP contribution in [0.2, 0.25) is 0 Å². The van der Waals surface area contributed by atoms with E-state index in [1.165, 1.54) is 25.0 Å². The van der Waals surface area contributed by atoms with E-state index in [0.29, 0.717) is 6.42 Å². The van der Waals surface area contributed by atoms with Crippen LogP contribution in [0.1, 0.15) is 122 Å². The minimum absolute atomic E-state index is 0.0178. The Hall–Kier alpha value is -4.10. The number of aromatic nitrogens is 4. The van der Waals surface area contributed by atoms with Crippen LogP contribution in [0.5, 0.6) is 0 Å². The fourth-order valence-corrected chi connectivity index (χ4v) is 11.2. The number of phosphoric acid groups is 3. The maximum atomic E-state index is 13.1. The van der Waals surface area contributed by atoms with Crippen molar-refractivity contribution in [2.45, 2.75) is 148 Å². The van der Waals surface area contributed by atoms with E-state index >= 15 is 0 Å². The number of fused-ring (bicyclic) bond motifs is 1. The Morgan fingerprint density at radius 1 is 0.892 bits per heavy atom. The molecule has 7 N–H and O–H groups in total. The maximum absolute atomic E-state index is 13.1. The number of carboxylic acids is 1. The van der Waals surface area contributed by atoms with Gasteiger partial charge in [-0.2, -0.15) is 0 Å². The van der Waals surface area contributed by atoms with Gasteiger partial charge in [-0.3, -0.25) is 32.9 Å². The second-order valence-corrected chi connectivity index (χ2v) is 24.1. The molecule has 0 radical (unpaired) electrons. The third-order valence-electron chi connectivity index (χ3n) is 13.3. The number of phosphoric ester groups is 3. The Balaban J connectivity index is 0.960. The first-order valence-corrected chi connectivity index (χ1v) is 28.6. The summed E-state index contributed by atoms with van der Waals surface area (Å²) in [5.74, 6) is -2.29. The Bertz CT molecular complexity index is 2570. The quantitative estimate of drug-likeness (QED) is 0.0373. The number of anilines is 1. The van der Waals surface area contributed by atoms with Gasteiger partial charge < -0.3 is 74.1 Å². The van der Waals surface area contributed by atoms with E-state index in [1.807, 2.05) is 26.0 Å². The summed E-state index contributed by atoms with van der Waals surface area (Å²) in [6, 6.07) is 8.39. The zero-order valence-corrected chi connectivity index (χ0v) is 44.3. The standard InChI is InChI=1S/C45H70N7O19P3/c1-43(2,19-11-5-7-13-29-15-9-10-16-30(29)14-8-6-12-20-45(21-22-45)42(58)59)32(53)17-23-47-33(54)18-24-48-40(57)37(56)44(3,4)26-68-74(65,66)71-73(63,64)67-25-31-36(70-72(60,61)62)35(55)41(69-31)52-28-51-34-38(46)49-27-50-39(34)52/h9-10,15-16,27-28,31,35-37,41,55-56H,5-8,11-14,17-26H2,1-4H3,(H,47,54)(H,48,57)(H,58,59)(H,63,64)(H,65,66)(H2,46,49,50)(H2,60,61,62)/p-4. The van der Waals surface area contributed by atoms with Gasteiger partial charge in [-0.1, -0.05) is 77.6 Å². The molecule has 414 valence electrons. The number of unbranched alkanes of at least 4 members (excludes halogenated alkanes) is 4. The van der Waals surface area contributed by atoms with E-state index in [4.69, 9.17) is 10.5 Å². The predicted octanol–water partition coefficient (Wildman–Crippen LogP) is 1.63. The number of amides is 2. The average molecular weight is 1100 g/mol. The predicted molar refractivity (Wildman–Crippen MR) is 254 cm³/mol. The van der Waals surface area contributed by atoms with Crippen molar-refractivity contribution < 1.29 is 90.4 Å². The lowest BCUT2D eigenvalue weighted by molar-refractivity contribution is -0.347. The molecule has 7 atom stereocenters. The number of aryl methyl sites for hydroxylation is 2. The number of carbonyl (C=O) groups is 4. The van der Waals surface area contributed by atoms with E-state index in [-0.39, 0.29) is 48.7 Å². The van der Waals surface area contributed by atoms with Crippen LogP contribution in [-0.4, -0.2) is 109 Å². The van der Waals surface area contributed by atoms with Crippen molar-refractivity contribution in [1.29, 1.82) is 0 Å². The Labute approximate surface area is 428 Å². The second kappa shape index (κ2) is 25.8. The van der Waals surface area contributed by atoms with Gasteiger partial charge >= 0.3 is 5.97 Å². The second-order valence-electron chi connectivity index (χ2n) is 20.0. The number of nitrogens with two attached hydrogens (primary N) is 1. The molecule has 2 aliphatic rings. The normalized spacial score (nSPS) is 20.9. The van der Waals surface area contributed by atoms with Gasteiger partial charge in [0.1, 0.15) is 42.0 Å². The number of hydrogen-bond acceptors (Lipinski definition) is 22. The number of nitrogen functional groups attached to an aromatic ring is 1. The number of carboxylic acid groups (broad SMARTS) is 1. The molecule has 1 aliphatic carbocycles. The molecule has 5 rings (SSSR count). The number of aliphatic hydroxyl groups excluding tert-OH is 2. The van der Waals surface area contributed by atoms with Gasteiger partial charge in [-0.05, 0) is 62.5 Å². The van der Waals surface area contributed by atoms with Gasteiger partial charge in [-0.15, -0.1) is 0 Å². The summed E-state index contributed by atoms with van der Waals surface area (Å²) in [4.78, 5) is 110. The molecule has 29 heteroatoms. The number of rotatable bonds is 33. The van der Waals surface area contributed by atoms with E-state index < -0.39 is 101 Å². The maximum Gasteiger partial charge on any atom is 0.309 e. The highest BCUT2D eigenvalue weighted by atomic mass is 31.3. The summed E-state index contributed by atoms with van der Waals surface area (Å²) in [5, 5.41) is 35.9. The monoisotopic (exact) mass is 1100 g/mol. The van der Waals surface area contributed by atoms with Gasteiger partial charge in [0.05, 0.1) is 32.8 Å². The first-order chi connectivity index (χ1) is 34.6. The lowest BCUT2D eigenvalue weighted by atomic mass is 9.81. The van der Waals surface area contributed by atoms with E-state index in [9.17, 15) is 67.8 Å². The summed E-state index contributed by atoms with van der Waals surface area (Å²) in [7, 11) is -17.7. The molecule has 3 heterocycles. The van der Waals surface area contributed by atoms with Crippen molar-refractivity contribution in [2.24, 2.45) is 16.2 Å². The van der Waals surface area contributed by atoms with Crippen molar-refractivity contribution >= 4 is 64.0 Å². The summed E-state index contributed by atoms with van der Waals surface area (Å²) >= 11 is 0. The zero-order chi connectivity index (χ0) is 54.7. The Morgan fingerprint density at radius 2 is 1.51 bits per heavy atom. The number of nitrogens with zero attached hydrogens (tertiary/aromatic N) is 4. The number of carbonyl (C=O) groups excluding carboxylic acids is 3. The molecule has 7 unspecified atom stereocenters. The number of aliphatic hydroxyl groups is 2. The first kappa shape index (κ1) is 60.8. The molecule has 3 aromatic rings. The number of hydrogen-bond donors (Lipinski definition) is 6. The number of ether oxygens (including phenoxy) is 1. The van der Waals surface area contributed by atoms with Crippen LogP contribution >= 0.6 is 23.5 Å². The highest BCUT2D eigenvalue weighted by Gasteiger charge is 2.49. The van der Waals surface area contributed by atoms with Crippen LogP contribution in [0.3, 0.4) is 0 Å². The molecule has 2 aromatic heterocycles. The van der Waals surface area contributed by atoms with E-state index in [0.717, 1.165) is 87.9 Å². The molecule has 1 aliphatic heterocycles. The smallest absolute Gasteiger partial charge is 0.309 e. The van der Waals surface area contributed by atoms with Crippen LogP contribution in [-0.2, 0) is 68.3 Å². The Kier molecular flexibility index (Phi) is 21.2. The molecule has 2 fully saturated rings. The van der Waals surface area contributed by atoms with E-state index in [1.54, 1.807) is 0 Å². The summed E-state index contributed by atoms with van der Waals surface area (Å²) in [6.07, 6.45) is 2.97. The number of Topliss-reactive ketones (excluding diaryl/α,β-unsaturated/α-hetero) is 1. The van der Waals surface area contributed by atoms with Gasteiger partial charge in [0.15, 0.2) is 17.7 Å². The van der Waals surface area contributed by atoms with Crippen molar-refractivity contribution in [1.82, 2.24) is 30.2 Å². The van der Waals surface area contributed by atoms with Gasteiger partial charge in [0.2, 0.25) is 11.8 Å². The van der Waals surface area contributed by atoms with E-state index in [2.05, 4.69) is 55.6 Å². The number of benzene rings is 1. The molecule has 26 nitrogen and oxygen atoms in total. The molecule has 1 saturated heterocycles. The third-order valence-corrected chi connectivity index (χ3v) is 16.3. The fraction of sp³-hybridized carbons (Fsp3) is 0.667. The highest BCUT2D eigenvalue weighted by molar-refractivity contribution is 7.59. The molecular weight excluding hydrogens is 1040 g/mol. The Morgan fingerprint density at radius 3 is 2.14 bits per heavy atom. The number of aliphatic carboxylic acids is 1. The third kappa shape index (κ3) is 17.7. The first-order valence-electron chi connectivity index (χ1n) is 24.2. The van der Waals surface area contributed by atoms with Crippen LogP contribution in [0.25, 0.3) is 11.2 Å². The van der Waals surface area contributed by atoms with Gasteiger partial charge in [0, 0.05) is 36.8 Å². The average Bonchev–Trinajstić information content (AvgIpc) is 3.90. The van der Waals surface area contributed by atoms with Crippen molar-refractivity contribution in [2.75, 3.05) is 32.0 Å². The van der Waals surface area contributed by atoms with Crippen LogP contribution in [0.15, 0.2) is 36.9 Å². The lowest BCUT2D eigenvalue weighted by Gasteiger charge is -2.36. The number of nitrogens with one attached hydrogen (secondary N) is 2. The molecule has 1 aromatic carbocycles. The number of ketones is 1. The minimum atomic E-state index is -5.94. The SMILES string of the molecule is CC(C)(CCCCCc1ccccc1CCCCCC1(C(=O)O)CC1)C(=O)CCNC(=O)CCNC(=O)C(O)C(C)(C)COP(=O)([O-])OP(=O)([O-])OCC1OC(n2cnc3c(N)ncnc32)C(O)C1OP(=O)([O-])[O-]. The molecule has 74 heavy (non-hydrogen) atoms. The van der Waals surface area contributed by atoms with Crippen molar-refractivity contribution in [3.8, 4) is 0 Å². The van der Waals surface area contributed by atoms with Gasteiger partial charge in [-0.25, -0.2) is 19.3 Å². The van der Waals surface area contributed by atoms with Crippen LogP contribution in [0, 0.1) is 16.2 Å². The zero-order valence-electron chi connectivity index (χ0n) is 41.7. The van der Waals surface area contributed by atoms with Gasteiger partial charge in [0.25, 0.3) is 15.6 Å². The number of imidazole rings is 1. The molecule has 0 spiro atoms.